The Morgan fingerprint density at radius 1 is 1.04 bits per heavy atom. The van der Waals surface area contributed by atoms with Crippen LogP contribution in [0.3, 0.4) is 0 Å². The van der Waals surface area contributed by atoms with E-state index in [-0.39, 0.29) is 24.4 Å². The van der Waals surface area contributed by atoms with E-state index >= 15 is 0 Å². The second-order valence-corrected chi connectivity index (χ2v) is 5.55. The van der Waals surface area contributed by atoms with Crippen LogP contribution in [0.15, 0.2) is 54.6 Å². The van der Waals surface area contributed by atoms with Gasteiger partial charge >= 0.3 is 0 Å². The maximum absolute atomic E-state index is 12.4. The van der Waals surface area contributed by atoms with Crippen molar-refractivity contribution in [1.82, 2.24) is 10.6 Å². The van der Waals surface area contributed by atoms with Gasteiger partial charge in [-0.1, -0.05) is 48.0 Å². The Bertz CT molecular complexity index is 584. The largest absolute Gasteiger partial charge is 0.345 e. The highest BCUT2D eigenvalue weighted by Crippen LogP contribution is 2.19. The summed E-state index contributed by atoms with van der Waals surface area (Å²) in [5.41, 5.74) is 3.02. The zero-order valence-electron chi connectivity index (χ0n) is 13.7. The monoisotopic (exact) mass is 332 g/mol. The Morgan fingerprint density at radius 2 is 1.70 bits per heavy atom. The lowest BCUT2D eigenvalue weighted by molar-refractivity contribution is 0.0934. The third-order valence-corrected chi connectivity index (χ3v) is 3.74. The highest BCUT2D eigenvalue weighted by Gasteiger charge is 2.15. The molecule has 2 N–H and O–H groups in total. The maximum Gasteiger partial charge on any atom is 0.251 e. The summed E-state index contributed by atoms with van der Waals surface area (Å²) < 4.78 is 0. The molecule has 0 radical (unpaired) electrons. The van der Waals surface area contributed by atoms with E-state index in [1.165, 1.54) is 0 Å². The molecule has 0 saturated heterocycles. The van der Waals surface area contributed by atoms with Gasteiger partial charge < -0.3 is 10.6 Å². The van der Waals surface area contributed by atoms with Gasteiger partial charge in [0.1, 0.15) is 0 Å². The van der Waals surface area contributed by atoms with Crippen molar-refractivity contribution in [3.05, 3.63) is 71.3 Å². The molecule has 2 aromatic carbocycles. The van der Waals surface area contributed by atoms with Crippen LogP contribution in [0.5, 0.6) is 0 Å². The van der Waals surface area contributed by atoms with Crippen LogP contribution >= 0.6 is 12.4 Å². The Labute approximate surface area is 144 Å². The van der Waals surface area contributed by atoms with E-state index in [2.05, 4.69) is 22.8 Å². The SMILES string of the molecule is CNCCCC(NC(=O)c1ccc(C)cc1)c1ccccc1.Cl. The lowest BCUT2D eigenvalue weighted by Gasteiger charge is -2.19. The van der Waals surface area contributed by atoms with Crippen molar-refractivity contribution in [2.24, 2.45) is 0 Å². The number of benzene rings is 2. The van der Waals surface area contributed by atoms with E-state index in [1.807, 2.05) is 56.4 Å². The average molecular weight is 333 g/mol. The van der Waals surface area contributed by atoms with E-state index in [9.17, 15) is 4.79 Å². The summed E-state index contributed by atoms with van der Waals surface area (Å²) in [5.74, 6) is -0.0155. The molecule has 23 heavy (non-hydrogen) atoms. The van der Waals surface area contributed by atoms with Crippen LogP contribution in [0.1, 0.15) is 40.4 Å². The summed E-state index contributed by atoms with van der Waals surface area (Å²) in [6.45, 7) is 2.97. The zero-order chi connectivity index (χ0) is 15.8. The number of aryl methyl sites for hydroxylation is 1. The lowest BCUT2D eigenvalue weighted by Crippen LogP contribution is -2.29. The summed E-state index contributed by atoms with van der Waals surface area (Å²) in [4.78, 5) is 12.4. The van der Waals surface area contributed by atoms with E-state index in [0.717, 1.165) is 30.5 Å². The Morgan fingerprint density at radius 3 is 2.30 bits per heavy atom. The Kier molecular flexibility index (Phi) is 8.38. The van der Waals surface area contributed by atoms with Gasteiger partial charge in [-0.2, -0.15) is 0 Å². The van der Waals surface area contributed by atoms with Gasteiger partial charge in [0.05, 0.1) is 6.04 Å². The second-order valence-electron chi connectivity index (χ2n) is 5.55. The number of carbonyl (C=O) groups is 1. The van der Waals surface area contributed by atoms with Crippen LogP contribution in [0.4, 0.5) is 0 Å². The first-order valence-electron chi connectivity index (χ1n) is 7.78. The second kappa shape index (κ2) is 10.0. The molecule has 1 atom stereocenters. The highest BCUT2D eigenvalue weighted by molar-refractivity contribution is 5.94. The fourth-order valence-corrected chi connectivity index (χ4v) is 2.44. The van der Waals surface area contributed by atoms with Crippen LogP contribution in [0.25, 0.3) is 0 Å². The number of rotatable bonds is 7. The van der Waals surface area contributed by atoms with Crippen LogP contribution in [-0.2, 0) is 0 Å². The average Bonchev–Trinajstić information content (AvgIpc) is 2.55. The fraction of sp³-hybridized carbons (Fsp3) is 0.316. The van der Waals surface area contributed by atoms with Gasteiger partial charge in [0.15, 0.2) is 0 Å². The molecule has 0 aliphatic carbocycles. The van der Waals surface area contributed by atoms with Crippen molar-refractivity contribution < 1.29 is 4.79 Å². The molecule has 124 valence electrons. The standard InChI is InChI=1S/C19H24N2O.ClH/c1-15-10-12-17(13-11-15)19(22)21-18(9-6-14-20-2)16-7-4-3-5-8-16;/h3-5,7-8,10-13,18,20H,6,9,14H2,1-2H3,(H,21,22);1H. The van der Waals surface area contributed by atoms with Gasteiger partial charge in [0.25, 0.3) is 5.91 Å². The first-order chi connectivity index (χ1) is 10.7. The first kappa shape index (κ1) is 19.2. The highest BCUT2D eigenvalue weighted by atomic mass is 35.5. The van der Waals surface area contributed by atoms with Gasteiger partial charge in [-0.25, -0.2) is 0 Å². The summed E-state index contributed by atoms with van der Waals surface area (Å²) >= 11 is 0. The number of carbonyl (C=O) groups excluding carboxylic acids is 1. The smallest absolute Gasteiger partial charge is 0.251 e. The minimum absolute atomic E-state index is 0. The third-order valence-electron chi connectivity index (χ3n) is 3.74. The van der Waals surface area contributed by atoms with Crippen LogP contribution in [0.2, 0.25) is 0 Å². The van der Waals surface area contributed by atoms with Crippen molar-refractivity contribution in [3.63, 3.8) is 0 Å². The molecule has 4 heteroatoms. The van der Waals surface area contributed by atoms with Crippen molar-refractivity contribution >= 4 is 18.3 Å². The molecular weight excluding hydrogens is 308 g/mol. The van der Waals surface area contributed by atoms with Crippen LogP contribution < -0.4 is 10.6 Å². The normalized spacial score (nSPS) is 11.4. The van der Waals surface area contributed by atoms with Gasteiger partial charge in [-0.3, -0.25) is 4.79 Å². The number of amides is 1. The lowest BCUT2D eigenvalue weighted by atomic mass is 10.0. The van der Waals surface area contributed by atoms with E-state index in [1.54, 1.807) is 0 Å². The maximum atomic E-state index is 12.4. The molecular formula is C19H25ClN2O. The molecule has 1 amide bonds. The van der Waals surface area contributed by atoms with E-state index < -0.39 is 0 Å². The molecule has 0 heterocycles. The topological polar surface area (TPSA) is 41.1 Å². The Hall–Kier alpha value is -1.84. The number of hydrogen-bond donors (Lipinski definition) is 2. The molecule has 0 spiro atoms. The summed E-state index contributed by atoms with van der Waals surface area (Å²) in [6.07, 6.45) is 1.94. The number of halogens is 1. The van der Waals surface area contributed by atoms with Gasteiger partial charge in [0, 0.05) is 5.56 Å². The van der Waals surface area contributed by atoms with Gasteiger partial charge in [0.2, 0.25) is 0 Å². The third kappa shape index (κ3) is 6.05. The zero-order valence-corrected chi connectivity index (χ0v) is 14.5. The van der Waals surface area contributed by atoms with Gasteiger partial charge in [-0.05, 0) is 51.1 Å². The van der Waals surface area contributed by atoms with E-state index in [0.29, 0.717) is 5.56 Å². The molecule has 2 rings (SSSR count). The minimum atomic E-state index is -0.0155. The molecule has 0 aliphatic heterocycles. The molecule has 0 bridgehead atoms. The van der Waals surface area contributed by atoms with Crippen molar-refractivity contribution in [2.75, 3.05) is 13.6 Å². The minimum Gasteiger partial charge on any atom is -0.345 e. The summed E-state index contributed by atoms with van der Waals surface area (Å²) in [6, 6.07) is 17.9. The Balaban J connectivity index is 0.00000264. The quantitative estimate of drug-likeness (QED) is 0.755. The summed E-state index contributed by atoms with van der Waals surface area (Å²) in [5, 5.41) is 6.31. The summed E-state index contributed by atoms with van der Waals surface area (Å²) in [7, 11) is 1.95. The van der Waals surface area contributed by atoms with Crippen LogP contribution in [0, 0.1) is 6.92 Å². The molecule has 0 fully saturated rings. The van der Waals surface area contributed by atoms with Crippen LogP contribution in [-0.4, -0.2) is 19.5 Å². The van der Waals surface area contributed by atoms with Crippen molar-refractivity contribution in [1.29, 1.82) is 0 Å². The molecule has 1 unspecified atom stereocenters. The fourth-order valence-electron chi connectivity index (χ4n) is 2.44. The van der Waals surface area contributed by atoms with Crippen molar-refractivity contribution in [3.8, 4) is 0 Å². The predicted octanol–water partition coefficient (Wildman–Crippen LogP) is 3.89. The van der Waals surface area contributed by atoms with Gasteiger partial charge in [-0.15, -0.1) is 12.4 Å². The molecule has 3 nitrogen and oxygen atoms in total. The molecule has 0 saturated carbocycles. The molecule has 2 aromatic rings. The first-order valence-corrected chi connectivity index (χ1v) is 7.78. The number of hydrogen-bond acceptors (Lipinski definition) is 2. The number of nitrogens with one attached hydrogen (secondary N) is 2. The van der Waals surface area contributed by atoms with Crippen molar-refractivity contribution in [2.45, 2.75) is 25.8 Å². The molecule has 0 aliphatic rings. The predicted molar refractivity (Wildman–Crippen MR) is 98.2 cm³/mol. The van der Waals surface area contributed by atoms with E-state index in [4.69, 9.17) is 0 Å². The molecule has 0 aromatic heterocycles.